The number of thiazole rings is 1. The fourth-order valence-corrected chi connectivity index (χ4v) is 4.67. The number of likely N-dealkylation sites (tertiary alicyclic amines) is 1. The van der Waals surface area contributed by atoms with Crippen LogP contribution in [0, 0.1) is 6.92 Å². The molecule has 3 nitrogen and oxygen atoms in total. The lowest BCUT2D eigenvalue weighted by Gasteiger charge is -2.26. The zero-order valence-corrected chi connectivity index (χ0v) is 15.2. The smallest absolute Gasteiger partial charge is 0.174 e. The normalized spacial score (nSPS) is 17.4. The Kier molecular flexibility index (Phi) is 4.21. The van der Waals surface area contributed by atoms with E-state index in [1.165, 1.54) is 15.3 Å². The summed E-state index contributed by atoms with van der Waals surface area (Å²) in [4.78, 5) is 7.13. The number of nitrogens with zero attached hydrogens (tertiary/aromatic N) is 2. The van der Waals surface area contributed by atoms with E-state index in [1.54, 1.807) is 11.3 Å². The number of rotatable bonds is 2. The minimum absolute atomic E-state index is 0.284. The van der Waals surface area contributed by atoms with E-state index in [-0.39, 0.29) is 6.04 Å². The van der Waals surface area contributed by atoms with Crippen LogP contribution in [-0.4, -0.2) is 21.5 Å². The van der Waals surface area contributed by atoms with Gasteiger partial charge in [0.05, 0.1) is 16.3 Å². The van der Waals surface area contributed by atoms with Gasteiger partial charge in [-0.1, -0.05) is 24.3 Å². The molecule has 0 amide bonds. The number of aromatic nitrogens is 1. The third-order valence-corrected chi connectivity index (χ3v) is 5.85. The minimum Gasteiger partial charge on any atom is -0.340 e. The summed E-state index contributed by atoms with van der Waals surface area (Å²) in [6, 6.07) is 16.9. The maximum atomic E-state index is 5.69. The fourth-order valence-electron chi connectivity index (χ4n) is 3.22. The van der Waals surface area contributed by atoms with Gasteiger partial charge in [0.1, 0.15) is 5.01 Å². The lowest BCUT2D eigenvalue weighted by molar-refractivity contribution is 0.405. The zero-order valence-electron chi connectivity index (χ0n) is 13.5. The summed E-state index contributed by atoms with van der Waals surface area (Å²) in [6.07, 6.45) is 2.26. The van der Waals surface area contributed by atoms with Crippen molar-refractivity contribution in [1.29, 1.82) is 0 Å². The van der Waals surface area contributed by atoms with Crippen LogP contribution in [-0.2, 0) is 0 Å². The number of nitrogens with one attached hydrogen (secondary N) is 1. The summed E-state index contributed by atoms with van der Waals surface area (Å²) in [5.41, 5.74) is 3.36. The van der Waals surface area contributed by atoms with Gasteiger partial charge >= 0.3 is 0 Å². The van der Waals surface area contributed by atoms with E-state index in [2.05, 4.69) is 59.6 Å². The van der Waals surface area contributed by atoms with Gasteiger partial charge in [0.25, 0.3) is 0 Å². The molecule has 1 N–H and O–H groups in total. The molecular formula is C19H19N3S2. The van der Waals surface area contributed by atoms with E-state index in [0.717, 1.165) is 35.7 Å². The van der Waals surface area contributed by atoms with Crippen LogP contribution in [0.1, 0.15) is 29.5 Å². The Morgan fingerprint density at radius 2 is 2.12 bits per heavy atom. The molecule has 0 radical (unpaired) electrons. The lowest BCUT2D eigenvalue weighted by Crippen LogP contribution is -2.34. The van der Waals surface area contributed by atoms with Crippen molar-refractivity contribution in [2.45, 2.75) is 25.8 Å². The molecular weight excluding hydrogens is 334 g/mol. The van der Waals surface area contributed by atoms with Crippen LogP contribution in [0.5, 0.6) is 0 Å². The average Bonchev–Trinajstić information content (AvgIpc) is 3.21. The van der Waals surface area contributed by atoms with Crippen LogP contribution < -0.4 is 5.32 Å². The zero-order chi connectivity index (χ0) is 16.5. The van der Waals surface area contributed by atoms with Crippen molar-refractivity contribution in [3.8, 4) is 0 Å². The Balaban J connectivity index is 1.56. The number of anilines is 1. The predicted molar refractivity (Wildman–Crippen MR) is 106 cm³/mol. The third kappa shape index (κ3) is 3.01. The van der Waals surface area contributed by atoms with Crippen molar-refractivity contribution >= 4 is 44.6 Å². The van der Waals surface area contributed by atoms with Gasteiger partial charge in [-0.15, -0.1) is 11.3 Å². The third-order valence-electron chi connectivity index (χ3n) is 4.38. The fraction of sp³-hybridized carbons (Fsp3) is 0.263. The summed E-state index contributed by atoms with van der Waals surface area (Å²) >= 11 is 7.47. The molecule has 1 aliphatic heterocycles. The van der Waals surface area contributed by atoms with Crippen molar-refractivity contribution in [1.82, 2.24) is 9.88 Å². The van der Waals surface area contributed by atoms with E-state index in [9.17, 15) is 0 Å². The molecule has 1 fully saturated rings. The number of hydrogen-bond donors (Lipinski definition) is 1. The predicted octanol–water partition coefficient (Wildman–Crippen LogP) is 5.14. The highest BCUT2D eigenvalue weighted by atomic mass is 32.1. The van der Waals surface area contributed by atoms with Gasteiger partial charge in [0.15, 0.2) is 5.11 Å². The molecule has 5 heteroatoms. The van der Waals surface area contributed by atoms with Crippen molar-refractivity contribution < 1.29 is 0 Å². The maximum Gasteiger partial charge on any atom is 0.174 e. The molecule has 0 unspecified atom stereocenters. The first-order chi connectivity index (χ1) is 11.7. The van der Waals surface area contributed by atoms with Gasteiger partial charge in [-0.3, -0.25) is 0 Å². The number of thiocarbonyl (C=S) groups is 1. The van der Waals surface area contributed by atoms with E-state index in [4.69, 9.17) is 17.2 Å². The van der Waals surface area contributed by atoms with E-state index >= 15 is 0 Å². The first-order valence-corrected chi connectivity index (χ1v) is 9.43. The Labute approximate surface area is 151 Å². The van der Waals surface area contributed by atoms with Crippen LogP contribution in [0.2, 0.25) is 0 Å². The largest absolute Gasteiger partial charge is 0.340 e. The van der Waals surface area contributed by atoms with Crippen LogP contribution >= 0.6 is 23.6 Å². The molecule has 0 aliphatic carbocycles. The molecule has 122 valence electrons. The van der Waals surface area contributed by atoms with E-state index in [1.807, 2.05) is 6.07 Å². The monoisotopic (exact) mass is 353 g/mol. The number of hydrogen-bond acceptors (Lipinski definition) is 3. The number of fused-ring (bicyclic) bond motifs is 1. The summed E-state index contributed by atoms with van der Waals surface area (Å²) in [7, 11) is 0. The van der Waals surface area contributed by atoms with Crippen molar-refractivity contribution in [2.24, 2.45) is 0 Å². The summed E-state index contributed by atoms with van der Waals surface area (Å²) in [5, 5.41) is 5.35. The number of benzene rings is 2. The molecule has 3 aromatic rings. The highest BCUT2D eigenvalue weighted by Gasteiger charge is 2.30. The van der Waals surface area contributed by atoms with Gasteiger partial charge in [-0.25, -0.2) is 4.98 Å². The van der Waals surface area contributed by atoms with Gasteiger partial charge in [0.2, 0.25) is 0 Å². The first-order valence-electron chi connectivity index (χ1n) is 8.20. The summed E-state index contributed by atoms with van der Waals surface area (Å²) in [5.74, 6) is 0. The Hall–Kier alpha value is -1.98. The molecule has 1 saturated heterocycles. The van der Waals surface area contributed by atoms with Gasteiger partial charge in [-0.05, 0) is 61.8 Å². The van der Waals surface area contributed by atoms with Gasteiger partial charge in [0, 0.05) is 12.2 Å². The minimum atomic E-state index is 0.284. The van der Waals surface area contributed by atoms with Crippen molar-refractivity contribution in [3.05, 3.63) is 59.1 Å². The summed E-state index contributed by atoms with van der Waals surface area (Å²) < 4.78 is 1.25. The van der Waals surface area contributed by atoms with E-state index in [0.29, 0.717) is 0 Å². The Morgan fingerprint density at radius 1 is 1.25 bits per heavy atom. The molecule has 1 atom stereocenters. The molecule has 0 saturated carbocycles. The van der Waals surface area contributed by atoms with E-state index < -0.39 is 0 Å². The average molecular weight is 354 g/mol. The highest BCUT2D eigenvalue weighted by Crippen LogP contribution is 2.36. The molecule has 4 rings (SSSR count). The standard InChI is InChI=1S/C19H19N3S2/c1-13-6-4-7-14(12-13)20-19(23)22-11-5-9-16(22)18-21-15-8-2-3-10-17(15)24-18/h2-4,6-8,10,12,16H,5,9,11H2,1H3,(H,20,23)/t16-/m0/s1. The molecule has 1 aromatic heterocycles. The SMILES string of the molecule is Cc1cccc(NC(=S)N2CCC[C@H]2c2nc3ccccc3s2)c1. The van der Waals surface area contributed by atoms with Crippen molar-refractivity contribution in [3.63, 3.8) is 0 Å². The first kappa shape index (κ1) is 15.5. The Bertz CT molecular complexity index is 854. The van der Waals surface area contributed by atoms with Crippen LogP contribution in [0.3, 0.4) is 0 Å². The second-order valence-electron chi connectivity index (χ2n) is 6.17. The summed E-state index contributed by atoms with van der Waals surface area (Å²) in [6.45, 7) is 3.08. The van der Waals surface area contributed by atoms with Crippen LogP contribution in [0.4, 0.5) is 5.69 Å². The molecule has 0 bridgehead atoms. The quantitative estimate of drug-likeness (QED) is 0.646. The molecule has 0 spiro atoms. The molecule has 1 aliphatic rings. The number of para-hydroxylation sites is 1. The Morgan fingerprint density at radius 3 is 2.96 bits per heavy atom. The van der Waals surface area contributed by atoms with Crippen LogP contribution in [0.15, 0.2) is 48.5 Å². The van der Waals surface area contributed by atoms with Gasteiger partial charge < -0.3 is 10.2 Å². The second-order valence-corrected chi connectivity index (χ2v) is 7.62. The highest BCUT2D eigenvalue weighted by molar-refractivity contribution is 7.80. The second kappa shape index (κ2) is 6.49. The lowest BCUT2D eigenvalue weighted by atomic mass is 10.2. The molecule has 2 aromatic carbocycles. The number of aryl methyl sites for hydroxylation is 1. The maximum absolute atomic E-state index is 5.69. The van der Waals surface area contributed by atoms with Crippen molar-refractivity contribution in [2.75, 3.05) is 11.9 Å². The van der Waals surface area contributed by atoms with Crippen LogP contribution in [0.25, 0.3) is 10.2 Å². The van der Waals surface area contributed by atoms with Gasteiger partial charge in [-0.2, -0.15) is 0 Å². The topological polar surface area (TPSA) is 28.2 Å². The molecule has 24 heavy (non-hydrogen) atoms. The molecule has 2 heterocycles.